The van der Waals surface area contributed by atoms with Gasteiger partial charge in [-0.15, -0.1) is 0 Å². The third-order valence-electron chi connectivity index (χ3n) is 2.98. The summed E-state index contributed by atoms with van der Waals surface area (Å²) in [5.74, 6) is 1.45. The predicted octanol–water partition coefficient (Wildman–Crippen LogP) is 2.05. The van der Waals surface area contributed by atoms with Gasteiger partial charge in [0.25, 0.3) is 0 Å². The molecule has 0 unspecified atom stereocenters. The second-order valence-corrected chi connectivity index (χ2v) is 6.82. The number of thioether (sulfide) groups is 1. The summed E-state index contributed by atoms with van der Waals surface area (Å²) in [4.78, 5) is 0.123. The van der Waals surface area contributed by atoms with Crippen LogP contribution in [-0.4, -0.2) is 31.6 Å². The number of hydrogen-bond donors (Lipinski definition) is 1. The molecule has 1 aromatic heterocycles. The van der Waals surface area contributed by atoms with Crippen molar-refractivity contribution in [2.75, 3.05) is 18.6 Å². The van der Waals surface area contributed by atoms with Crippen molar-refractivity contribution in [3.8, 4) is 5.75 Å². The summed E-state index contributed by atoms with van der Waals surface area (Å²) in [7, 11) is -3.78. The summed E-state index contributed by atoms with van der Waals surface area (Å²) in [6.45, 7) is 3.06. The predicted molar refractivity (Wildman–Crippen MR) is 82.9 cm³/mol. The van der Waals surface area contributed by atoms with Gasteiger partial charge in [0.05, 0.1) is 17.5 Å². The Balaban J connectivity index is 2.70. The molecule has 0 saturated carbocycles. The van der Waals surface area contributed by atoms with E-state index in [1.807, 2.05) is 29.9 Å². The van der Waals surface area contributed by atoms with Crippen molar-refractivity contribution in [2.24, 2.45) is 5.14 Å². The molecule has 2 aromatic rings. The molecule has 0 radical (unpaired) electrons. The van der Waals surface area contributed by atoms with Crippen molar-refractivity contribution in [1.82, 2.24) is 4.57 Å². The van der Waals surface area contributed by atoms with Crippen molar-refractivity contribution in [3.63, 3.8) is 0 Å². The molecule has 7 heteroatoms. The molecule has 0 aliphatic rings. The third kappa shape index (κ3) is 2.94. The highest BCUT2D eigenvalue weighted by atomic mass is 32.2. The molecule has 0 spiro atoms. The standard InChI is InChI=1S/C13H18N2O3S2/c1-3-18-11-6-4-5-10-13(11)12(20(14,16)17)9-15(10)7-8-19-2/h4-6,9H,3,7-8H2,1-2H3,(H2,14,16,17). The second kappa shape index (κ2) is 6.07. The first-order valence-corrected chi connectivity index (χ1v) is 9.19. The highest BCUT2D eigenvalue weighted by Crippen LogP contribution is 2.33. The van der Waals surface area contributed by atoms with Gasteiger partial charge in [0.2, 0.25) is 10.0 Å². The van der Waals surface area contributed by atoms with Crippen LogP contribution >= 0.6 is 11.8 Å². The molecule has 1 heterocycles. The Morgan fingerprint density at radius 1 is 1.40 bits per heavy atom. The van der Waals surface area contributed by atoms with Crippen LogP contribution in [0.25, 0.3) is 10.9 Å². The van der Waals surface area contributed by atoms with Crippen LogP contribution in [0, 0.1) is 0 Å². The summed E-state index contributed by atoms with van der Waals surface area (Å²) in [6, 6.07) is 5.50. The van der Waals surface area contributed by atoms with Gasteiger partial charge in [-0.1, -0.05) is 6.07 Å². The fourth-order valence-electron chi connectivity index (χ4n) is 2.15. The van der Waals surface area contributed by atoms with Crippen molar-refractivity contribution in [1.29, 1.82) is 0 Å². The number of aryl methyl sites for hydroxylation is 1. The third-order valence-corrected chi connectivity index (χ3v) is 4.49. The normalized spacial score (nSPS) is 11.9. The molecule has 0 atom stereocenters. The van der Waals surface area contributed by atoms with Gasteiger partial charge in [0.1, 0.15) is 10.6 Å². The van der Waals surface area contributed by atoms with E-state index in [1.54, 1.807) is 24.0 Å². The maximum Gasteiger partial charge on any atom is 0.240 e. The first kappa shape index (κ1) is 15.2. The molecule has 0 aliphatic heterocycles. The van der Waals surface area contributed by atoms with Gasteiger partial charge in [0, 0.05) is 18.5 Å². The zero-order valence-corrected chi connectivity index (χ0v) is 13.1. The first-order chi connectivity index (χ1) is 9.49. The average Bonchev–Trinajstić information content (AvgIpc) is 2.76. The minimum absolute atomic E-state index is 0.123. The Bertz CT molecular complexity index is 708. The van der Waals surface area contributed by atoms with Crippen molar-refractivity contribution in [3.05, 3.63) is 24.4 Å². The van der Waals surface area contributed by atoms with Gasteiger partial charge < -0.3 is 9.30 Å². The fraction of sp³-hybridized carbons (Fsp3) is 0.385. The number of primary sulfonamides is 1. The summed E-state index contributed by atoms with van der Waals surface area (Å²) < 4.78 is 31.0. The second-order valence-electron chi connectivity index (χ2n) is 4.31. The molecule has 0 amide bonds. The molecule has 0 bridgehead atoms. The molecule has 2 N–H and O–H groups in total. The van der Waals surface area contributed by atoms with Crippen LogP contribution in [0.2, 0.25) is 0 Å². The number of hydrogen-bond acceptors (Lipinski definition) is 4. The van der Waals surface area contributed by atoms with E-state index in [2.05, 4.69) is 0 Å². The van der Waals surface area contributed by atoms with Gasteiger partial charge in [0.15, 0.2) is 0 Å². The molecule has 0 saturated heterocycles. The first-order valence-electron chi connectivity index (χ1n) is 6.25. The SMILES string of the molecule is CCOc1cccc2c1c(S(N)(=O)=O)cn2CCSC. The lowest BCUT2D eigenvalue weighted by Gasteiger charge is -2.07. The Labute approximate surface area is 123 Å². The van der Waals surface area contributed by atoms with Gasteiger partial charge in [-0.25, -0.2) is 13.6 Å². The van der Waals surface area contributed by atoms with Crippen LogP contribution in [0.4, 0.5) is 0 Å². The van der Waals surface area contributed by atoms with E-state index < -0.39 is 10.0 Å². The van der Waals surface area contributed by atoms with E-state index in [-0.39, 0.29) is 4.90 Å². The van der Waals surface area contributed by atoms with Crippen molar-refractivity contribution in [2.45, 2.75) is 18.4 Å². The molecular weight excluding hydrogens is 296 g/mol. The van der Waals surface area contributed by atoms with Crippen molar-refractivity contribution < 1.29 is 13.2 Å². The number of ether oxygens (including phenoxy) is 1. The van der Waals surface area contributed by atoms with E-state index in [0.717, 1.165) is 17.8 Å². The van der Waals surface area contributed by atoms with Crippen LogP contribution in [-0.2, 0) is 16.6 Å². The quantitative estimate of drug-likeness (QED) is 0.885. The van der Waals surface area contributed by atoms with Gasteiger partial charge in [-0.3, -0.25) is 0 Å². The number of nitrogens with two attached hydrogens (primary N) is 1. The van der Waals surface area contributed by atoms with Crippen LogP contribution in [0.5, 0.6) is 5.75 Å². The largest absolute Gasteiger partial charge is 0.493 e. The fourth-order valence-corrected chi connectivity index (χ4v) is 3.29. The number of fused-ring (bicyclic) bond motifs is 1. The summed E-state index contributed by atoms with van der Waals surface area (Å²) >= 11 is 1.70. The summed E-state index contributed by atoms with van der Waals surface area (Å²) in [5, 5.41) is 5.90. The van der Waals surface area contributed by atoms with E-state index in [0.29, 0.717) is 17.7 Å². The van der Waals surface area contributed by atoms with Crippen molar-refractivity contribution >= 4 is 32.7 Å². The summed E-state index contributed by atoms with van der Waals surface area (Å²) in [5.41, 5.74) is 0.828. The zero-order valence-electron chi connectivity index (χ0n) is 11.5. The molecule has 1 aromatic carbocycles. The Morgan fingerprint density at radius 3 is 2.75 bits per heavy atom. The Morgan fingerprint density at radius 2 is 2.15 bits per heavy atom. The van der Waals surface area contributed by atoms with E-state index in [4.69, 9.17) is 9.88 Å². The van der Waals surface area contributed by atoms with Crippen LogP contribution < -0.4 is 9.88 Å². The Hall–Kier alpha value is -1.18. The molecule has 0 aliphatic carbocycles. The molecule has 5 nitrogen and oxygen atoms in total. The van der Waals surface area contributed by atoms with Crippen LogP contribution in [0.3, 0.4) is 0 Å². The number of benzene rings is 1. The molecule has 0 fully saturated rings. The van der Waals surface area contributed by atoms with Gasteiger partial charge >= 0.3 is 0 Å². The van der Waals surface area contributed by atoms with Gasteiger partial charge in [-0.05, 0) is 25.3 Å². The monoisotopic (exact) mass is 314 g/mol. The Kier molecular flexibility index (Phi) is 4.62. The lowest BCUT2D eigenvalue weighted by molar-refractivity contribution is 0.344. The highest BCUT2D eigenvalue weighted by molar-refractivity contribution is 7.98. The highest BCUT2D eigenvalue weighted by Gasteiger charge is 2.20. The molecule has 110 valence electrons. The smallest absolute Gasteiger partial charge is 0.240 e. The summed E-state index contributed by atoms with van der Waals surface area (Å²) in [6.07, 6.45) is 3.61. The number of rotatable bonds is 6. The number of aromatic nitrogens is 1. The lowest BCUT2D eigenvalue weighted by Crippen LogP contribution is -2.12. The van der Waals surface area contributed by atoms with E-state index in [9.17, 15) is 8.42 Å². The molecule has 20 heavy (non-hydrogen) atoms. The maximum atomic E-state index is 11.8. The zero-order chi connectivity index (χ0) is 14.8. The molecule has 2 rings (SSSR count). The maximum absolute atomic E-state index is 11.8. The minimum atomic E-state index is -3.78. The van der Waals surface area contributed by atoms with E-state index in [1.165, 1.54) is 0 Å². The van der Waals surface area contributed by atoms with Gasteiger partial charge in [-0.2, -0.15) is 11.8 Å². The topological polar surface area (TPSA) is 74.3 Å². The average molecular weight is 314 g/mol. The van der Waals surface area contributed by atoms with Crippen LogP contribution in [0.15, 0.2) is 29.3 Å². The van der Waals surface area contributed by atoms with E-state index >= 15 is 0 Å². The number of sulfonamides is 1. The lowest BCUT2D eigenvalue weighted by atomic mass is 10.2. The minimum Gasteiger partial charge on any atom is -0.493 e. The molecular formula is C13H18N2O3S2. The van der Waals surface area contributed by atoms with Crippen LogP contribution in [0.1, 0.15) is 6.92 Å². The number of nitrogens with zero attached hydrogens (tertiary/aromatic N) is 1.